The van der Waals surface area contributed by atoms with Crippen LogP contribution in [0.2, 0.25) is 0 Å². The SMILES string of the molecule is NNC(C(N)N)C1CC=CC(Cl)C1Cl. The summed E-state index contributed by atoms with van der Waals surface area (Å²) in [7, 11) is 0. The van der Waals surface area contributed by atoms with Crippen LogP contribution in [0.5, 0.6) is 0 Å². The van der Waals surface area contributed by atoms with Crippen LogP contribution >= 0.6 is 23.2 Å². The van der Waals surface area contributed by atoms with E-state index in [2.05, 4.69) is 5.43 Å². The predicted octanol–water partition coefficient (Wildman–Crippen LogP) is -0.147. The summed E-state index contributed by atoms with van der Waals surface area (Å²) < 4.78 is 0. The van der Waals surface area contributed by atoms with Gasteiger partial charge in [-0.1, -0.05) is 12.2 Å². The molecular weight excluding hydrogens is 223 g/mol. The molecule has 0 aromatic heterocycles. The highest BCUT2D eigenvalue weighted by Gasteiger charge is 2.34. The van der Waals surface area contributed by atoms with Crippen LogP contribution in [0.25, 0.3) is 0 Å². The van der Waals surface area contributed by atoms with Gasteiger partial charge in [0.25, 0.3) is 0 Å². The number of hydrogen-bond acceptors (Lipinski definition) is 4. The van der Waals surface area contributed by atoms with Gasteiger partial charge in [0.2, 0.25) is 0 Å². The third kappa shape index (κ3) is 2.59. The second-order valence-electron chi connectivity index (χ2n) is 3.49. The van der Waals surface area contributed by atoms with Crippen molar-refractivity contribution in [3.05, 3.63) is 12.2 Å². The molecule has 6 heteroatoms. The van der Waals surface area contributed by atoms with Gasteiger partial charge in [-0.15, -0.1) is 23.2 Å². The van der Waals surface area contributed by atoms with Crippen LogP contribution in [0, 0.1) is 5.92 Å². The molecule has 0 amide bonds. The number of hydrogen-bond donors (Lipinski definition) is 4. The van der Waals surface area contributed by atoms with Crippen LogP contribution in [-0.4, -0.2) is 23.0 Å². The molecule has 1 aliphatic rings. The number of alkyl halides is 2. The van der Waals surface area contributed by atoms with E-state index in [0.717, 1.165) is 6.42 Å². The molecular formula is C8H16Cl2N4. The number of halogens is 2. The van der Waals surface area contributed by atoms with Crippen molar-refractivity contribution in [1.82, 2.24) is 5.43 Å². The zero-order valence-electron chi connectivity index (χ0n) is 7.74. The highest BCUT2D eigenvalue weighted by Crippen LogP contribution is 2.30. The minimum Gasteiger partial charge on any atom is -0.315 e. The van der Waals surface area contributed by atoms with Crippen molar-refractivity contribution >= 4 is 23.2 Å². The number of rotatable bonds is 3. The van der Waals surface area contributed by atoms with Crippen molar-refractivity contribution in [3.8, 4) is 0 Å². The number of nitrogens with two attached hydrogens (primary N) is 3. The number of allylic oxidation sites excluding steroid dienone is 2. The monoisotopic (exact) mass is 238 g/mol. The van der Waals surface area contributed by atoms with E-state index >= 15 is 0 Å². The number of nitrogens with one attached hydrogen (secondary N) is 1. The average molecular weight is 239 g/mol. The minimum atomic E-state index is -0.540. The zero-order valence-corrected chi connectivity index (χ0v) is 9.25. The highest BCUT2D eigenvalue weighted by atomic mass is 35.5. The Kier molecular flexibility index (Phi) is 4.63. The molecule has 4 unspecified atom stereocenters. The van der Waals surface area contributed by atoms with Crippen LogP contribution in [0.3, 0.4) is 0 Å². The molecule has 82 valence electrons. The van der Waals surface area contributed by atoms with Gasteiger partial charge in [0.05, 0.1) is 23.0 Å². The van der Waals surface area contributed by atoms with Crippen LogP contribution in [-0.2, 0) is 0 Å². The molecule has 0 aromatic rings. The molecule has 1 aliphatic carbocycles. The van der Waals surface area contributed by atoms with E-state index in [0.29, 0.717) is 0 Å². The quantitative estimate of drug-likeness (QED) is 0.181. The molecule has 0 saturated carbocycles. The first-order valence-corrected chi connectivity index (χ1v) is 5.37. The third-order valence-electron chi connectivity index (χ3n) is 2.51. The molecule has 0 bridgehead atoms. The van der Waals surface area contributed by atoms with E-state index in [1.165, 1.54) is 0 Å². The van der Waals surface area contributed by atoms with Crippen molar-refractivity contribution in [2.45, 2.75) is 29.4 Å². The van der Waals surface area contributed by atoms with Gasteiger partial charge in [-0.05, 0) is 12.3 Å². The van der Waals surface area contributed by atoms with Crippen molar-refractivity contribution < 1.29 is 0 Å². The standard InChI is InChI=1S/C8H16Cl2N4/c9-5-3-1-2-4(6(5)10)7(14-13)8(11)12/h1,3-8,14H,2,11-13H2. The average Bonchev–Trinajstić information content (AvgIpc) is 2.13. The number of hydrazine groups is 1. The van der Waals surface area contributed by atoms with Gasteiger partial charge in [0.15, 0.2) is 0 Å². The summed E-state index contributed by atoms with van der Waals surface area (Å²) in [5.74, 6) is 5.44. The molecule has 0 saturated heterocycles. The maximum Gasteiger partial charge on any atom is 0.0696 e. The summed E-state index contributed by atoms with van der Waals surface area (Å²) >= 11 is 12.2. The van der Waals surface area contributed by atoms with Gasteiger partial charge in [-0.25, -0.2) is 0 Å². The summed E-state index contributed by atoms with van der Waals surface area (Å²) in [6.07, 6.45) is 4.11. The second-order valence-corrected chi connectivity index (χ2v) is 4.49. The van der Waals surface area contributed by atoms with Gasteiger partial charge in [0, 0.05) is 0 Å². The van der Waals surface area contributed by atoms with Crippen LogP contribution < -0.4 is 22.7 Å². The van der Waals surface area contributed by atoms with Crippen molar-refractivity contribution in [1.29, 1.82) is 0 Å². The van der Waals surface area contributed by atoms with Gasteiger partial charge in [-0.3, -0.25) is 11.3 Å². The lowest BCUT2D eigenvalue weighted by atomic mass is 9.86. The molecule has 0 fully saturated rings. The second kappa shape index (κ2) is 5.30. The smallest absolute Gasteiger partial charge is 0.0696 e. The Hall–Kier alpha value is 0.160. The Morgan fingerprint density at radius 2 is 2.00 bits per heavy atom. The Morgan fingerprint density at radius 1 is 1.36 bits per heavy atom. The molecule has 0 heterocycles. The highest BCUT2D eigenvalue weighted by molar-refractivity contribution is 6.31. The summed E-state index contributed by atoms with van der Waals surface area (Å²) in [5.41, 5.74) is 13.8. The van der Waals surface area contributed by atoms with Crippen molar-refractivity contribution in [2.24, 2.45) is 23.2 Å². The van der Waals surface area contributed by atoms with Gasteiger partial charge < -0.3 is 11.5 Å². The lowest BCUT2D eigenvalue weighted by molar-refractivity contribution is 0.298. The van der Waals surface area contributed by atoms with Gasteiger partial charge >= 0.3 is 0 Å². The van der Waals surface area contributed by atoms with E-state index in [9.17, 15) is 0 Å². The largest absolute Gasteiger partial charge is 0.315 e. The molecule has 0 radical (unpaired) electrons. The van der Waals surface area contributed by atoms with Crippen molar-refractivity contribution in [2.75, 3.05) is 0 Å². The zero-order chi connectivity index (χ0) is 10.7. The first-order valence-electron chi connectivity index (χ1n) is 4.50. The third-order valence-corrected chi connectivity index (χ3v) is 3.65. The summed E-state index contributed by atoms with van der Waals surface area (Å²) in [5, 5.41) is -0.387. The molecule has 4 nitrogen and oxygen atoms in total. The Bertz CT molecular complexity index is 210. The van der Waals surface area contributed by atoms with E-state index < -0.39 is 6.17 Å². The van der Waals surface area contributed by atoms with Gasteiger partial charge in [-0.2, -0.15) is 0 Å². The van der Waals surface area contributed by atoms with E-state index in [4.69, 9.17) is 40.5 Å². The van der Waals surface area contributed by atoms with Crippen LogP contribution in [0.4, 0.5) is 0 Å². The molecule has 7 N–H and O–H groups in total. The fourth-order valence-electron chi connectivity index (χ4n) is 1.70. The van der Waals surface area contributed by atoms with Crippen molar-refractivity contribution in [3.63, 3.8) is 0 Å². The Labute approximate surface area is 93.7 Å². The van der Waals surface area contributed by atoms with Gasteiger partial charge in [0.1, 0.15) is 0 Å². The Balaban J connectivity index is 2.71. The fraction of sp³-hybridized carbons (Fsp3) is 0.750. The maximum atomic E-state index is 6.16. The topological polar surface area (TPSA) is 90.1 Å². The van der Waals surface area contributed by atoms with Crippen LogP contribution in [0.1, 0.15) is 6.42 Å². The lowest BCUT2D eigenvalue weighted by Crippen LogP contribution is -2.59. The van der Waals surface area contributed by atoms with E-state index in [1.54, 1.807) is 0 Å². The first-order chi connectivity index (χ1) is 6.57. The normalized spacial score (nSPS) is 34.9. The first kappa shape index (κ1) is 12.2. The fourth-order valence-corrected chi connectivity index (χ4v) is 2.34. The molecule has 1 rings (SSSR count). The lowest BCUT2D eigenvalue weighted by Gasteiger charge is -2.35. The summed E-state index contributed by atoms with van der Waals surface area (Å²) in [4.78, 5) is 0. The molecule has 0 aliphatic heterocycles. The molecule has 14 heavy (non-hydrogen) atoms. The molecule has 4 atom stereocenters. The molecule has 0 aromatic carbocycles. The Morgan fingerprint density at radius 3 is 2.50 bits per heavy atom. The van der Waals surface area contributed by atoms with E-state index in [-0.39, 0.29) is 22.7 Å². The van der Waals surface area contributed by atoms with Crippen LogP contribution in [0.15, 0.2) is 12.2 Å². The van der Waals surface area contributed by atoms with E-state index in [1.807, 2.05) is 12.2 Å². The summed E-state index contributed by atoms with van der Waals surface area (Å²) in [6.45, 7) is 0. The minimum absolute atomic E-state index is 0.0640. The maximum absolute atomic E-state index is 6.16. The molecule has 0 spiro atoms. The predicted molar refractivity (Wildman–Crippen MR) is 59.8 cm³/mol. The summed E-state index contributed by atoms with van der Waals surface area (Å²) in [6, 6.07) is -0.219.